The molecule has 0 aliphatic heterocycles. The van der Waals surface area contributed by atoms with Gasteiger partial charge in [-0.3, -0.25) is 14.4 Å². The predicted octanol–water partition coefficient (Wildman–Crippen LogP) is 2.93. The van der Waals surface area contributed by atoms with Crippen LogP contribution in [0.5, 0.6) is 5.75 Å². The van der Waals surface area contributed by atoms with Crippen LogP contribution in [0.15, 0.2) is 48.5 Å². The van der Waals surface area contributed by atoms with E-state index in [0.29, 0.717) is 22.6 Å². The lowest BCUT2D eigenvalue weighted by molar-refractivity contribution is -0.136. The van der Waals surface area contributed by atoms with E-state index in [4.69, 9.17) is 9.84 Å². The Kier molecular flexibility index (Phi) is 6.93. The first kappa shape index (κ1) is 20.0. The molecule has 0 atom stereocenters. The molecule has 0 saturated heterocycles. The number of carbonyl (C=O) groups excluding carboxylic acids is 2. The summed E-state index contributed by atoms with van der Waals surface area (Å²) >= 11 is 0. The van der Waals surface area contributed by atoms with Crippen LogP contribution >= 0.6 is 0 Å². The van der Waals surface area contributed by atoms with Crippen molar-refractivity contribution in [2.45, 2.75) is 26.4 Å². The number of aliphatic carboxylic acids is 1. The van der Waals surface area contributed by atoms with Gasteiger partial charge in [0.05, 0.1) is 18.1 Å². The molecule has 2 rings (SSSR count). The van der Waals surface area contributed by atoms with Crippen molar-refractivity contribution in [3.05, 3.63) is 59.7 Å². The molecule has 0 unspecified atom stereocenters. The maximum atomic E-state index is 12.5. The Morgan fingerprint density at radius 1 is 1.00 bits per heavy atom. The monoisotopic (exact) mass is 370 g/mol. The fourth-order valence-electron chi connectivity index (χ4n) is 2.30. The van der Waals surface area contributed by atoms with E-state index in [1.165, 1.54) is 0 Å². The van der Waals surface area contributed by atoms with Gasteiger partial charge in [-0.25, -0.2) is 0 Å². The van der Waals surface area contributed by atoms with E-state index in [1.807, 2.05) is 13.8 Å². The Labute approximate surface area is 157 Å². The zero-order chi connectivity index (χ0) is 19.8. The van der Waals surface area contributed by atoms with Gasteiger partial charge in [0.25, 0.3) is 11.8 Å². The van der Waals surface area contributed by atoms with E-state index in [1.54, 1.807) is 48.5 Å². The molecule has 7 heteroatoms. The number of carboxylic acids is 1. The number of benzene rings is 2. The fraction of sp³-hybridized carbons (Fsp3) is 0.250. The molecule has 0 bridgehead atoms. The summed E-state index contributed by atoms with van der Waals surface area (Å²) in [6.45, 7) is 3.82. The molecule has 3 N–H and O–H groups in total. The molecule has 2 aromatic rings. The molecular formula is C20H22N2O5. The molecule has 27 heavy (non-hydrogen) atoms. The Balaban J connectivity index is 2.01. The molecule has 0 aliphatic rings. The molecule has 0 heterocycles. The second-order valence-corrected chi connectivity index (χ2v) is 6.09. The molecule has 0 aromatic heterocycles. The lowest BCUT2D eigenvalue weighted by atomic mass is 10.1. The van der Waals surface area contributed by atoms with Crippen LogP contribution < -0.4 is 15.4 Å². The smallest absolute Gasteiger partial charge is 0.305 e. The quantitative estimate of drug-likeness (QED) is 0.663. The first-order chi connectivity index (χ1) is 12.9. The van der Waals surface area contributed by atoms with Crippen LogP contribution in [-0.2, 0) is 4.79 Å². The summed E-state index contributed by atoms with van der Waals surface area (Å²) in [7, 11) is 0. The number of hydrogen-bond donors (Lipinski definition) is 3. The number of rotatable bonds is 8. The third-order valence-electron chi connectivity index (χ3n) is 3.52. The minimum Gasteiger partial charge on any atom is -0.490 e. The van der Waals surface area contributed by atoms with Gasteiger partial charge in [-0.2, -0.15) is 0 Å². The Bertz CT molecular complexity index is 815. The first-order valence-corrected chi connectivity index (χ1v) is 8.54. The van der Waals surface area contributed by atoms with Gasteiger partial charge in [0.15, 0.2) is 0 Å². The average molecular weight is 370 g/mol. The van der Waals surface area contributed by atoms with Crippen LogP contribution in [-0.4, -0.2) is 35.5 Å². The Morgan fingerprint density at radius 2 is 1.67 bits per heavy atom. The van der Waals surface area contributed by atoms with Crippen LogP contribution in [0, 0.1) is 0 Å². The van der Waals surface area contributed by atoms with Crippen molar-refractivity contribution in [2.24, 2.45) is 0 Å². The van der Waals surface area contributed by atoms with Gasteiger partial charge in [-0.15, -0.1) is 0 Å². The highest BCUT2D eigenvalue weighted by molar-refractivity contribution is 6.06. The van der Waals surface area contributed by atoms with Crippen molar-refractivity contribution in [1.82, 2.24) is 5.32 Å². The van der Waals surface area contributed by atoms with Gasteiger partial charge < -0.3 is 20.5 Å². The van der Waals surface area contributed by atoms with Crippen molar-refractivity contribution in [3.8, 4) is 5.75 Å². The standard InChI is InChI=1S/C20H22N2O5/c1-13(2)27-17-6-4-3-5-16(17)20(26)22-15-9-7-14(8-10-15)19(25)21-12-11-18(23)24/h3-10,13H,11-12H2,1-2H3,(H,21,25)(H,22,26)(H,23,24). The van der Waals surface area contributed by atoms with E-state index in [0.717, 1.165) is 0 Å². The normalized spacial score (nSPS) is 10.3. The van der Waals surface area contributed by atoms with Gasteiger partial charge in [0.2, 0.25) is 0 Å². The van der Waals surface area contributed by atoms with Crippen LogP contribution in [0.3, 0.4) is 0 Å². The highest BCUT2D eigenvalue weighted by Gasteiger charge is 2.14. The zero-order valence-electron chi connectivity index (χ0n) is 15.2. The summed E-state index contributed by atoms with van der Waals surface area (Å²) < 4.78 is 5.65. The van der Waals surface area contributed by atoms with Crippen molar-refractivity contribution in [2.75, 3.05) is 11.9 Å². The number of anilines is 1. The first-order valence-electron chi connectivity index (χ1n) is 8.54. The number of carboxylic acid groups (broad SMARTS) is 1. The third kappa shape index (κ3) is 6.14. The molecule has 2 aromatic carbocycles. The molecule has 142 valence electrons. The van der Waals surface area contributed by atoms with Crippen LogP contribution in [0.1, 0.15) is 41.0 Å². The third-order valence-corrected chi connectivity index (χ3v) is 3.52. The average Bonchev–Trinajstić information content (AvgIpc) is 2.61. The van der Waals surface area contributed by atoms with Crippen molar-refractivity contribution >= 4 is 23.5 Å². The summed E-state index contributed by atoms with van der Waals surface area (Å²) in [4.78, 5) is 34.9. The number of nitrogens with one attached hydrogen (secondary N) is 2. The van der Waals surface area contributed by atoms with Gasteiger partial charge in [-0.05, 0) is 50.2 Å². The fourth-order valence-corrected chi connectivity index (χ4v) is 2.30. The SMILES string of the molecule is CC(C)Oc1ccccc1C(=O)Nc1ccc(C(=O)NCCC(=O)O)cc1. The predicted molar refractivity (Wildman–Crippen MR) is 101 cm³/mol. The van der Waals surface area contributed by atoms with Crippen molar-refractivity contribution in [1.29, 1.82) is 0 Å². The molecule has 0 aliphatic carbocycles. The number of ether oxygens (including phenoxy) is 1. The molecular weight excluding hydrogens is 348 g/mol. The summed E-state index contributed by atoms with van der Waals surface area (Å²) in [6, 6.07) is 13.3. The maximum absolute atomic E-state index is 12.5. The second-order valence-electron chi connectivity index (χ2n) is 6.09. The minimum absolute atomic E-state index is 0.0549. The Morgan fingerprint density at radius 3 is 2.30 bits per heavy atom. The largest absolute Gasteiger partial charge is 0.490 e. The lowest BCUT2D eigenvalue weighted by Crippen LogP contribution is -2.25. The molecule has 7 nitrogen and oxygen atoms in total. The van der Waals surface area contributed by atoms with E-state index >= 15 is 0 Å². The van der Waals surface area contributed by atoms with E-state index in [-0.39, 0.29) is 30.9 Å². The van der Waals surface area contributed by atoms with E-state index < -0.39 is 5.97 Å². The molecule has 2 amide bonds. The number of para-hydroxylation sites is 1. The maximum Gasteiger partial charge on any atom is 0.305 e. The molecule has 0 fully saturated rings. The summed E-state index contributed by atoms with van der Waals surface area (Å²) in [5.41, 5.74) is 1.32. The molecule has 0 spiro atoms. The lowest BCUT2D eigenvalue weighted by Gasteiger charge is -2.14. The van der Waals surface area contributed by atoms with Crippen LogP contribution in [0.4, 0.5) is 5.69 Å². The van der Waals surface area contributed by atoms with Crippen molar-refractivity contribution < 1.29 is 24.2 Å². The van der Waals surface area contributed by atoms with Crippen molar-refractivity contribution in [3.63, 3.8) is 0 Å². The van der Waals surface area contributed by atoms with Gasteiger partial charge in [0.1, 0.15) is 5.75 Å². The van der Waals surface area contributed by atoms with E-state index in [9.17, 15) is 14.4 Å². The Hall–Kier alpha value is -3.35. The molecule has 0 radical (unpaired) electrons. The van der Waals surface area contributed by atoms with Crippen LogP contribution in [0.2, 0.25) is 0 Å². The van der Waals surface area contributed by atoms with E-state index in [2.05, 4.69) is 10.6 Å². The zero-order valence-corrected chi connectivity index (χ0v) is 15.2. The minimum atomic E-state index is -0.977. The van der Waals surface area contributed by atoms with Gasteiger partial charge in [-0.1, -0.05) is 12.1 Å². The number of amides is 2. The highest BCUT2D eigenvalue weighted by atomic mass is 16.5. The summed E-state index contributed by atoms with van der Waals surface area (Å²) in [6.07, 6.45) is -0.199. The summed E-state index contributed by atoms with van der Waals surface area (Å²) in [5.74, 6) is -1.16. The highest BCUT2D eigenvalue weighted by Crippen LogP contribution is 2.21. The molecule has 0 saturated carbocycles. The second kappa shape index (κ2) is 9.38. The van der Waals surface area contributed by atoms with Gasteiger partial charge >= 0.3 is 5.97 Å². The topological polar surface area (TPSA) is 105 Å². The van der Waals surface area contributed by atoms with Crippen LogP contribution in [0.25, 0.3) is 0 Å². The summed E-state index contributed by atoms with van der Waals surface area (Å²) in [5, 5.41) is 13.9. The number of carbonyl (C=O) groups is 3. The van der Waals surface area contributed by atoms with Gasteiger partial charge in [0, 0.05) is 17.8 Å². The number of hydrogen-bond acceptors (Lipinski definition) is 4.